The normalized spacial score (nSPS) is 11.6. The van der Waals surface area contributed by atoms with Gasteiger partial charge in [0, 0.05) is 45.0 Å². The van der Waals surface area contributed by atoms with Crippen LogP contribution in [0.2, 0.25) is 0 Å². The molecule has 134 valence electrons. The first-order valence-corrected chi connectivity index (χ1v) is 9.04. The molecule has 2 aromatic carbocycles. The Morgan fingerprint density at radius 3 is 2.16 bits per heavy atom. The van der Waals surface area contributed by atoms with Crippen molar-refractivity contribution in [1.29, 1.82) is 0 Å². The molecule has 0 N–H and O–H groups in total. The third-order valence-electron chi connectivity index (χ3n) is 3.94. The first kappa shape index (κ1) is 18.9. The summed E-state index contributed by atoms with van der Waals surface area (Å²) in [6.07, 6.45) is 0. The average molecular weight is 363 g/mol. The van der Waals surface area contributed by atoms with Crippen molar-refractivity contribution in [3.63, 3.8) is 0 Å². The zero-order chi connectivity index (χ0) is 18.8. The maximum atomic E-state index is 12.7. The molecule has 2 rings (SSSR count). The Morgan fingerprint density at radius 2 is 1.64 bits per heavy atom. The standard InChI is InChI=1S/C17H21N3O4S/c1-13-5-10-16(11-17(13)20(21)22)25(23,24)19(4)12-14-6-8-15(9-7-14)18(2)3/h5-11H,12H2,1-4H3. The SMILES string of the molecule is Cc1ccc(S(=O)(=O)N(C)Cc2ccc(N(C)C)cc2)cc1[N+](=O)[O-]. The summed E-state index contributed by atoms with van der Waals surface area (Å²) < 4.78 is 26.6. The van der Waals surface area contributed by atoms with E-state index in [2.05, 4.69) is 0 Å². The Bertz CT molecular complexity index is 877. The van der Waals surface area contributed by atoms with Gasteiger partial charge in [0.2, 0.25) is 10.0 Å². The third-order valence-corrected chi connectivity index (χ3v) is 5.74. The summed E-state index contributed by atoms with van der Waals surface area (Å²) in [6, 6.07) is 11.5. The van der Waals surface area contributed by atoms with Crippen LogP contribution in [0.25, 0.3) is 0 Å². The zero-order valence-electron chi connectivity index (χ0n) is 14.6. The quantitative estimate of drug-likeness (QED) is 0.582. The second-order valence-electron chi connectivity index (χ2n) is 6.03. The van der Waals surface area contributed by atoms with E-state index in [1.807, 2.05) is 43.3 Å². The van der Waals surface area contributed by atoms with Crippen molar-refractivity contribution in [3.05, 3.63) is 63.7 Å². The Morgan fingerprint density at radius 1 is 1.04 bits per heavy atom. The Labute approximate surface area is 147 Å². The third kappa shape index (κ3) is 4.15. The molecule has 0 radical (unpaired) electrons. The smallest absolute Gasteiger partial charge is 0.273 e. The molecular weight excluding hydrogens is 342 g/mol. The van der Waals surface area contributed by atoms with Gasteiger partial charge in [0.25, 0.3) is 5.69 Å². The highest BCUT2D eigenvalue weighted by Crippen LogP contribution is 2.25. The second kappa shape index (κ2) is 7.20. The molecule has 8 heteroatoms. The van der Waals surface area contributed by atoms with Crippen LogP contribution in [0.4, 0.5) is 11.4 Å². The zero-order valence-corrected chi connectivity index (χ0v) is 15.4. The summed E-state index contributed by atoms with van der Waals surface area (Å²) >= 11 is 0. The summed E-state index contributed by atoms with van der Waals surface area (Å²) in [5.74, 6) is 0. The molecule has 0 fully saturated rings. The van der Waals surface area contributed by atoms with E-state index in [1.54, 1.807) is 6.92 Å². The van der Waals surface area contributed by atoms with Crippen molar-refractivity contribution in [2.75, 3.05) is 26.0 Å². The van der Waals surface area contributed by atoms with Crippen LogP contribution < -0.4 is 4.90 Å². The number of benzene rings is 2. The van der Waals surface area contributed by atoms with Crippen LogP contribution in [0.5, 0.6) is 0 Å². The molecule has 0 atom stereocenters. The molecule has 0 amide bonds. The van der Waals surface area contributed by atoms with Crippen molar-refractivity contribution in [2.24, 2.45) is 0 Å². The number of nitro benzene ring substituents is 1. The van der Waals surface area contributed by atoms with E-state index < -0.39 is 14.9 Å². The summed E-state index contributed by atoms with van der Waals surface area (Å²) in [4.78, 5) is 12.3. The fourth-order valence-corrected chi connectivity index (χ4v) is 3.55. The van der Waals surface area contributed by atoms with Crippen molar-refractivity contribution >= 4 is 21.4 Å². The number of rotatable bonds is 6. The predicted molar refractivity (Wildman–Crippen MR) is 97.3 cm³/mol. The largest absolute Gasteiger partial charge is 0.378 e. The minimum Gasteiger partial charge on any atom is -0.378 e. The Balaban J connectivity index is 2.27. The van der Waals surface area contributed by atoms with Gasteiger partial charge in [-0.05, 0) is 30.7 Å². The van der Waals surface area contributed by atoms with E-state index in [4.69, 9.17) is 0 Å². The fraction of sp³-hybridized carbons (Fsp3) is 0.294. The highest BCUT2D eigenvalue weighted by atomic mass is 32.2. The number of anilines is 1. The lowest BCUT2D eigenvalue weighted by atomic mass is 10.2. The maximum absolute atomic E-state index is 12.7. The molecule has 0 aliphatic rings. The van der Waals surface area contributed by atoms with Gasteiger partial charge >= 0.3 is 0 Å². The summed E-state index contributed by atoms with van der Waals surface area (Å²) in [7, 11) is 1.49. The molecule has 25 heavy (non-hydrogen) atoms. The summed E-state index contributed by atoms with van der Waals surface area (Å²) in [6.45, 7) is 1.75. The van der Waals surface area contributed by atoms with Crippen LogP contribution >= 0.6 is 0 Å². The lowest BCUT2D eigenvalue weighted by molar-refractivity contribution is -0.385. The van der Waals surface area contributed by atoms with Crippen LogP contribution in [0, 0.1) is 17.0 Å². The number of nitrogens with zero attached hydrogens (tertiary/aromatic N) is 3. The van der Waals surface area contributed by atoms with Crippen LogP contribution in [0.3, 0.4) is 0 Å². The highest BCUT2D eigenvalue weighted by Gasteiger charge is 2.24. The van der Waals surface area contributed by atoms with E-state index in [-0.39, 0.29) is 17.1 Å². The van der Waals surface area contributed by atoms with Crippen molar-refractivity contribution < 1.29 is 13.3 Å². The van der Waals surface area contributed by atoms with E-state index in [1.165, 1.54) is 23.5 Å². The van der Waals surface area contributed by atoms with Gasteiger partial charge in [-0.1, -0.05) is 18.2 Å². The molecule has 0 aliphatic heterocycles. The monoisotopic (exact) mass is 363 g/mol. The van der Waals surface area contributed by atoms with Gasteiger partial charge in [-0.15, -0.1) is 0 Å². The molecular formula is C17H21N3O4S. The Kier molecular flexibility index (Phi) is 5.44. The Hall–Kier alpha value is -2.45. The maximum Gasteiger partial charge on any atom is 0.273 e. The lowest BCUT2D eigenvalue weighted by Gasteiger charge is -2.18. The van der Waals surface area contributed by atoms with E-state index in [0.717, 1.165) is 17.3 Å². The fourth-order valence-electron chi connectivity index (χ4n) is 2.37. The molecule has 2 aromatic rings. The van der Waals surface area contributed by atoms with Gasteiger partial charge in [-0.3, -0.25) is 10.1 Å². The molecule has 0 aliphatic carbocycles. The number of hydrogen-bond donors (Lipinski definition) is 0. The van der Waals surface area contributed by atoms with Gasteiger partial charge < -0.3 is 4.90 Å². The van der Waals surface area contributed by atoms with Crippen molar-refractivity contribution in [2.45, 2.75) is 18.4 Å². The minimum absolute atomic E-state index is 0.0859. The first-order valence-electron chi connectivity index (χ1n) is 7.60. The van der Waals surface area contributed by atoms with E-state index in [9.17, 15) is 18.5 Å². The average Bonchev–Trinajstić information content (AvgIpc) is 2.55. The van der Waals surface area contributed by atoms with Gasteiger partial charge in [0.15, 0.2) is 0 Å². The van der Waals surface area contributed by atoms with Crippen LogP contribution in [-0.4, -0.2) is 38.8 Å². The topological polar surface area (TPSA) is 83.8 Å². The molecule has 0 saturated heterocycles. The molecule has 0 spiro atoms. The predicted octanol–water partition coefficient (Wildman–Crippen LogP) is 2.79. The molecule has 0 unspecified atom stereocenters. The van der Waals surface area contributed by atoms with Gasteiger partial charge in [-0.2, -0.15) is 4.31 Å². The van der Waals surface area contributed by atoms with Gasteiger partial charge in [0.1, 0.15) is 0 Å². The van der Waals surface area contributed by atoms with E-state index in [0.29, 0.717) is 5.56 Å². The van der Waals surface area contributed by atoms with Gasteiger partial charge in [0.05, 0.1) is 9.82 Å². The highest BCUT2D eigenvalue weighted by molar-refractivity contribution is 7.89. The second-order valence-corrected chi connectivity index (χ2v) is 8.07. The number of hydrogen-bond acceptors (Lipinski definition) is 5. The number of sulfonamides is 1. The molecule has 0 heterocycles. The first-order chi connectivity index (χ1) is 11.6. The molecule has 0 aromatic heterocycles. The summed E-state index contributed by atoms with van der Waals surface area (Å²) in [5.41, 5.74) is 2.07. The van der Waals surface area contributed by atoms with Crippen LogP contribution in [-0.2, 0) is 16.6 Å². The van der Waals surface area contributed by atoms with Gasteiger partial charge in [-0.25, -0.2) is 8.42 Å². The molecule has 7 nitrogen and oxygen atoms in total. The number of nitro groups is 1. The van der Waals surface area contributed by atoms with Crippen LogP contribution in [0.15, 0.2) is 47.4 Å². The lowest BCUT2D eigenvalue weighted by Crippen LogP contribution is -2.26. The van der Waals surface area contributed by atoms with Crippen LogP contribution in [0.1, 0.15) is 11.1 Å². The molecule has 0 saturated carbocycles. The molecule has 0 bridgehead atoms. The van der Waals surface area contributed by atoms with E-state index >= 15 is 0 Å². The minimum atomic E-state index is -3.82. The number of aryl methyl sites for hydroxylation is 1. The van der Waals surface area contributed by atoms with Crippen molar-refractivity contribution in [1.82, 2.24) is 4.31 Å². The summed E-state index contributed by atoms with van der Waals surface area (Å²) in [5, 5.41) is 11.0. The van der Waals surface area contributed by atoms with Crippen molar-refractivity contribution in [3.8, 4) is 0 Å².